The predicted octanol–water partition coefficient (Wildman–Crippen LogP) is 3.66. The fourth-order valence-electron chi connectivity index (χ4n) is 3.61. The highest BCUT2D eigenvalue weighted by Crippen LogP contribution is 2.23. The Labute approximate surface area is 164 Å². The van der Waals surface area contributed by atoms with Gasteiger partial charge in [-0.1, -0.05) is 12.1 Å². The quantitative estimate of drug-likeness (QED) is 0.787. The molecule has 0 radical (unpaired) electrons. The van der Waals surface area contributed by atoms with Crippen molar-refractivity contribution in [2.45, 2.75) is 19.3 Å². The third kappa shape index (κ3) is 5.52. The lowest BCUT2D eigenvalue weighted by molar-refractivity contribution is 0.0943. The Hall–Kier alpha value is -2.47. The number of amides is 1. The van der Waals surface area contributed by atoms with Crippen LogP contribution in [0.4, 0.5) is 8.78 Å². The number of likely N-dealkylation sites (tertiary alicyclic amines) is 1. The van der Waals surface area contributed by atoms with E-state index in [1.54, 1.807) is 7.11 Å². The number of hydrogen-bond acceptors (Lipinski definition) is 3. The second-order valence-corrected chi connectivity index (χ2v) is 7.23. The number of carbonyl (C=O) groups excluding carboxylic acids is 1. The van der Waals surface area contributed by atoms with Gasteiger partial charge in [-0.2, -0.15) is 0 Å². The number of ether oxygens (including phenoxy) is 1. The summed E-state index contributed by atoms with van der Waals surface area (Å²) >= 11 is 0. The molecule has 0 atom stereocenters. The largest absolute Gasteiger partial charge is 0.497 e. The Morgan fingerprint density at radius 3 is 2.64 bits per heavy atom. The van der Waals surface area contributed by atoms with Crippen LogP contribution in [0.1, 0.15) is 28.8 Å². The van der Waals surface area contributed by atoms with Crippen LogP contribution in [0.15, 0.2) is 42.5 Å². The van der Waals surface area contributed by atoms with Gasteiger partial charge in [0.2, 0.25) is 0 Å². The van der Waals surface area contributed by atoms with Gasteiger partial charge in [-0.3, -0.25) is 4.79 Å². The van der Waals surface area contributed by atoms with E-state index in [9.17, 15) is 13.6 Å². The molecule has 0 unspecified atom stereocenters. The first-order valence-electron chi connectivity index (χ1n) is 9.63. The standard InChI is InChI=1S/C22H26F2N2O2/c1-28-19-4-2-3-17(14-19)13-16-7-10-26(11-8-16)12-9-25-22(27)18-5-6-20(23)21(24)15-18/h2-6,14-16H,7-13H2,1H3,(H,25,27). The summed E-state index contributed by atoms with van der Waals surface area (Å²) < 4.78 is 31.4. The summed E-state index contributed by atoms with van der Waals surface area (Å²) in [4.78, 5) is 14.4. The van der Waals surface area contributed by atoms with E-state index in [4.69, 9.17) is 4.74 Å². The summed E-state index contributed by atoms with van der Waals surface area (Å²) in [6.45, 7) is 3.23. The highest BCUT2D eigenvalue weighted by Gasteiger charge is 2.19. The van der Waals surface area contributed by atoms with Crippen molar-refractivity contribution >= 4 is 5.91 Å². The SMILES string of the molecule is COc1cccc(CC2CCN(CCNC(=O)c3ccc(F)c(F)c3)CC2)c1. The average Bonchev–Trinajstić information content (AvgIpc) is 2.71. The summed E-state index contributed by atoms with van der Waals surface area (Å²) in [6, 6.07) is 11.4. The molecule has 0 aromatic heterocycles. The molecule has 1 N–H and O–H groups in total. The molecule has 0 aliphatic carbocycles. The number of halogens is 2. The van der Waals surface area contributed by atoms with Crippen LogP contribution in [0, 0.1) is 17.6 Å². The molecule has 1 aliphatic heterocycles. The molecule has 1 saturated heterocycles. The van der Waals surface area contributed by atoms with E-state index < -0.39 is 11.6 Å². The Bertz CT molecular complexity index is 805. The van der Waals surface area contributed by atoms with Gasteiger partial charge in [0.15, 0.2) is 11.6 Å². The van der Waals surface area contributed by atoms with E-state index in [0.717, 1.165) is 56.8 Å². The molecule has 0 spiro atoms. The Morgan fingerprint density at radius 2 is 1.93 bits per heavy atom. The highest BCUT2D eigenvalue weighted by atomic mass is 19.2. The van der Waals surface area contributed by atoms with Crippen LogP contribution in [0.3, 0.4) is 0 Å². The minimum Gasteiger partial charge on any atom is -0.497 e. The minimum absolute atomic E-state index is 0.135. The van der Waals surface area contributed by atoms with Crippen molar-refractivity contribution in [1.82, 2.24) is 10.2 Å². The molecule has 150 valence electrons. The lowest BCUT2D eigenvalue weighted by Gasteiger charge is -2.32. The molecule has 6 heteroatoms. The lowest BCUT2D eigenvalue weighted by Crippen LogP contribution is -2.40. The molecule has 4 nitrogen and oxygen atoms in total. The first-order chi connectivity index (χ1) is 13.5. The van der Waals surface area contributed by atoms with Gasteiger partial charge in [-0.25, -0.2) is 8.78 Å². The molecule has 28 heavy (non-hydrogen) atoms. The molecule has 2 aromatic carbocycles. The van der Waals surface area contributed by atoms with Crippen LogP contribution in [0.2, 0.25) is 0 Å². The van der Waals surface area contributed by atoms with Crippen LogP contribution in [0.25, 0.3) is 0 Å². The first-order valence-corrected chi connectivity index (χ1v) is 9.63. The zero-order valence-corrected chi connectivity index (χ0v) is 16.1. The van der Waals surface area contributed by atoms with Gasteiger partial charge in [-0.05, 0) is 74.2 Å². The van der Waals surface area contributed by atoms with E-state index in [1.807, 2.05) is 12.1 Å². The fraction of sp³-hybridized carbons (Fsp3) is 0.409. The van der Waals surface area contributed by atoms with Crippen molar-refractivity contribution in [2.24, 2.45) is 5.92 Å². The van der Waals surface area contributed by atoms with Gasteiger partial charge in [0.1, 0.15) is 5.75 Å². The summed E-state index contributed by atoms with van der Waals surface area (Å²) in [5, 5.41) is 2.77. The maximum atomic E-state index is 13.2. The molecular formula is C22H26F2N2O2. The van der Waals surface area contributed by atoms with Gasteiger partial charge in [0.05, 0.1) is 7.11 Å². The van der Waals surface area contributed by atoms with Crippen molar-refractivity contribution < 1.29 is 18.3 Å². The number of piperidine rings is 1. The second-order valence-electron chi connectivity index (χ2n) is 7.23. The normalized spacial score (nSPS) is 15.4. The van der Waals surface area contributed by atoms with Gasteiger partial charge < -0.3 is 15.0 Å². The van der Waals surface area contributed by atoms with Gasteiger partial charge in [0, 0.05) is 18.7 Å². The van der Waals surface area contributed by atoms with Gasteiger partial charge >= 0.3 is 0 Å². The molecule has 0 bridgehead atoms. The first kappa shape index (κ1) is 20.3. The molecule has 1 heterocycles. The molecule has 1 aliphatic rings. The van der Waals surface area contributed by atoms with E-state index >= 15 is 0 Å². The Morgan fingerprint density at radius 1 is 1.14 bits per heavy atom. The summed E-state index contributed by atoms with van der Waals surface area (Å²) in [5.41, 5.74) is 1.44. The zero-order chi connectivity index (χ0) is 19.9. The fourth-order valence-corrected chi connectivity index (χ4v) is 3.61. The van der Waals surface area contributed by atoms with Crippen molar-refractivity contribution in [2.75, 3.05) is 33.3 Å². The maximum Gasteiger partial charge on any atom is 0.251 e. The number of methoxy groups -OCH3 is 1. The van der Waals surface area contributed by atoms with Crippen molar-refractivity contribution in [3.8, 4) is 5.75 Å². The molecule has 0 saturated carbocycles. The van der Waals surface area contributed by atoms with Gasteiger partial charge in [-0.15, -0.1) is 0 Å². The molecule has 1 fully saturated rings. The summed E-state index contributed by atoms with van der Waals surface area (Å²) in [7, 11) is 1.68. The highest BCUT2D eigenvalue weighted by molar-refractivity contribution is 5.94. The van der Waals surface area contributed by atoms with Crippen molar-refractivity contribution in [3.63, 3.8) is 0 Å². The molecular weight excluding hydrogens is 362 g/mol. The maximum absolute atomic E-state index is 13.2. The number of nitrogens with zero attached hydrogens (tertiary/aromatic N) is 1. The monoisotopic (exact) mass is 388 g/mol. The summed E-state index contributed by atoms with van der Waals surface area (Å²) in [6.07, 6.45) is 3.29. The van der Waals surface area contributed by atoms with E-state index in [-0.39, 0.29) is 11.5 Å². The smallest absolute Gasteiger partial charge is 0.251 e. The van der Waals surface area contributed by atoms with Crippen LogP contribution < -0.4 is 10.1 Å². The van der Waals surface area contributed by atoms with Crippen LogP contribution in [-0.2, 0) is 6.42 Å². The molecule has 1 amide bonds. The van der Waals surface area contributed by atoms with E-state index in [2.05, 4.69) is 22.3 Å². The average molecular weight is 388 g/mol. The van der Waals surface area contributed by atoms with Crippen LogP contribution >= 0.6 is 0 Å². The minimum atomic E-state index is -1.01. The topological polar surface area (TPSA) is 41.6 Å². The number of benzene rings is 2. The van der Waals surface area contributed by atoms with E-state index in [1.165, 1.54) is 11.6 Å². The number of nitrogens with one attached hydrogen (secondary N) is 1. The van der Waals surface area contributed by atoms with Gasteiger partial charge in [0.25, 0.3) is 5.91 Å². The number of hydrogen-bond donors (Lipinski definition) is 1. The third-order valence-corrected chi connectivity index (χ3v) is 5.26. The summed E-state index contributed by atoms with van der Waals surface area (Å²) in [5.74, 6) is -0.794. The second kappa shape index (κ2) is 9.64. The van der Waals surface area contributed by atoms with E-state index in [0.29, 0.717) is 12.5 Å². The Kier molecular flexibility index (Phi) is 6.98. The van der Waals surface area contributed by atoms with Crippen molar-refractivity contribution in [1.29, 1.82) is 0 Å². The molecule has 2 aromatic rings. The molecule has 3 rings (SSSR count). The lowest BCUT2D eigenvalue weighted by atomic mass is 9.90. The predicted molar refractivity (Wildman–Crippen MR) is 105 cm³/mol. The van der Waals surface area contributed by atoms with Crippen LogP contribution in [0.5, 0.6) is 5.75 Å². The number of carbonyl (C=O) groups is 1. The zero-order valence-electron chi connectivity index (χ0n) is 16.1. The number of rotatable bonds is 7. The van der Waals surface area contributed by atoms with Crippen LogP contribution in [-0.4, -0.2) is 44.1 Å². The third-order valence-electron chi connectivity index (χ3n) is 5.26. The Balaban J connectivity index is 1.38. The van der Waals surface area contributed by atoms with Crippen molar-refractivity contribution in [3.05, 3.63) is 65.2 Å².